The highest BCUT2D eigenvalue weighted by Crippen LogP contribution is 2.25. The van der Waals surface area contributed by atoms with Gasteiger partial charge >= 0.3 is 0 Å². The maximum atomic E-state index is 3.70. The van der Waals surface area contributed by atoms with Crippen molar-refractivity contribution in [2.75, 3.05) is 5.32 Å². The molecule has 1 N–H and O–H groups in total. The van der Waals surface area contributed by atoms with Crippen molar-refractivity contribution in [1.29, 1.82) is 0 Å². The van der Waals surface area contributed by atoms with Crippen LogP contribution in [0.3, 0.4) is 0 Å². The van der Waals surface area contributed by atoms with E-state index in [9.17, 15) is 0 Å². The van der Waals surface area contributed by atoms with E-state index in [0.717, 1.165) is 4.47 Å². The van der Waals surface area contributed by atoms with Gasteiger partial charge in [0.05, 0.1) is 0 Å². The molecule has 1 aromatic carbocycles. The first-order valence-corrected chi connectivity index (χ1v) is 7.08. The first-order valence-electron chi connectivity index (χ1n) is 6.28. The minimum Gasteiger partial charge on any atom is -0.382 e. The van der Waals surface area contributed by atoms with Crippen LogP contribution in [0.1, 0.15) is 44.1 Å². The molecule has 0 saturated heterocycles. The second-order valence-electron chi connectivity index (χ2n) is 4.79. The number of halogens is 1. The Labute approximate surface area is 107 Å². The summed E-state index contributed by atoms with van der Waals surface area (Å²) >= 11 is 3.51. The number of anilines is 1. The molecule has 1 nitrogen and oxygen atoms in total. The van der Waals surface area contributed by atoms with E-state index in [1.807, 2.05) is 0 Å². The van der Waals surface area contributed by atoms with E-state index in [-0.39, 0.29) is 0 Å². The standard InChI is InChI=1S/C14H20BrN/c1-11-10-12(15)8-9-14(11)16-13-6-4-2-3-5-7-13/h8-10,13,16H,2-7H2,1H3. The van der Waals surface area contributed by atoms with Gasteiger partial charge in [-0.3, -0.25) is 0 Å². The lowest BCUT2D eigenvalue weighted by Crippen LogP contribution is -2.18. The van der Waals surface area contributed by atoms with Gasteiger partial charge in [-0.05, 0) is 43.5 Å². The van der Waals surface area contributed by atoms with Gasteiger partial charge in [0, 0.05) is 16.2 Å². The molecule has 0 atom stereocenters. The number of benzene rings is 1. The summed E-state index contributed by atoms with van der Waals surface area (Å²) in [5.41, 5.74) is 2.63. The molecule has 0 aromatic heterocycles. The molecule has 88 valence electrons. The van der Waals surface area contributed by atoms with E-state index in [4.69, 9.17) is 0 Å². The first kappa shape index (κ1) is 12.0. The Morgan fingerprint density at radius 3 is 2.44 bits per heavy atom. The quantitative estimate of drug-likeness (QED) is 0.761. The second-order valence-corrected chi connectivity index (χ2v) is 5.71. The maximum absolute atomic E-state index is 3.70. The molecule has 0 unspecified atom stereocenters. The summed E-state index contributed by atoms with van der Waals surface area (Å²) in [4.78, 5) is 0. The predicted molar refractivity (Wildman–Crippen MR) is 74.0 cm³/mol. The molecule has 0 bridgehead atoms. The second kappa shape index (κ2) is 5.72. The molecule has 1 aliphatic rings. The fourth-order valence-electron chi connectivity index (χ4n) is 2.43. The molecular formula is C14H20BrN. The van der Waals surface area contributed by atoms with Crippen molar-refractivity contribution in [1.82, 2.24) is 0 Å². The van der Waals surface area contributed by atoms with Gasteiger partial charge < -0.3 is 5.32 Å². The van der Waals surface area contributed by atoms with E-state index < -0.39 is 0 Å². The van der Waals surface area contributed by atoms with Crippen molar-refractivity contribution in [3.05, 3.63) is 28.2 Å². The van der Waals surface area contributed by atoms with Gasteiger partial charge in [0.2, 0.25) is 0 Å². The lowest BCUT2D eigenvalue weighted by atomic mass is 10.1. The van der Waals surface area contributed by atoms with Gasteiger partial charge in [-0.1, -0.05) is 41.6 Å². The molecule has 0 radical (unpaired) electrons. The normalized spacial score (nSPS) is 18.1. The average molecular weight is 282 g/mol. The zero-order chi connectivity index (χ0) is 11.4. The molecule has 1 aromatic rings. The van der Waals surface area contributed by atoms with Gasteiger partial charge in [0.25, 0.3) is 0 Å². The van der Waals surface area contributed by atoms with Gasteiger partial charge in [-0.25, -0.2) is 0 Å². The van der Waals surface area contributed by atoms with E-state index in [1.54, 1.807) is 0 Å². The van der Waals surface area contributed by atoms with Crippen LogP contribution in [-0.4, -0.2) is 6.04 Å². The summed E-state index contributed by atoms with van der Waals surface area (Å²) in [7, 11) is 0. The smallest absolute Gasteiger partial charge is 0.0372 e. The fourth-order valence-corrected chi connectivity index (χ4v) is 2.91. The number of nitrogens with one attached hydrogen (secondary N) is 1. The zero-order valence-corrected chi connectivity index (χ0v) is 11.5. The van der Waals surface area contributed by atoms with Gasteiger partial charge in [0.1, 0.15) is 0 Å². The SMILES string of the molecule is Cc1cc(Br)ccc1NC1CCCCCC1. The summed E-state index contributed by atoms with van der Waals surface area (Å²) in [6.45, 7) is 2.17. The summed E-state index contributed by atoms with van der Waals surface area (Å²) < 4.78 is 1.16. The van der Waals surface area contributed by atoms with Gasteiger partial charge in [-0.15, -0.1) is 0 Å². The first-order chi connectivity index (χ1) is 7.75. The lowest BCUT2D eigenvalue weighted by Gasteiger charge is -2.19. The highest BCUT2D eigenvalue weighted by atomic mass is 79.9. The van der Waals surface area contributed by atoms with Crippen molar-refractivity contribution in [3.8, 4) is 0 Å². The minimum atomic E-state index is 0.683. The highest BCUT2D eigenvalue weighted by Gasteiger charge is 2.12. The van der Waals surface area contributed by atoms with Crippen LogP contribution in [0.4, 0.5) is 5.69 Å². The molecule has 16 heavy (non-hydrogen) atoms. The van der Waals surface area contributed by atoms with Crippen LogP contribution in [-0.2, 0) is 0 Å². The Morgan fingerprint density at radius 1 is 1.12 bits per heavy atom. The monoisotopic (exact) mass is 281 g/mol. The van der Waals surface area contributed by atoms with Crippen molar-refractivity contribution >= 4 is 21.6 Å². The number of hydrogen-bond donors (Lipinski definition) is 1. The summed E-state index contributed by atoms with van der Waals surface area (Å²) in [5.74, 6) is 0. The van der Waals surface area contributed by atoms with Crippen molar-refractivity contribution in [2.24, 2.45) is 0 Å². The molecule has 0 heterocycles. The third kappa shape index (κ3) is 3.24. The summed E-state index contributed by atoms with van der Waals surface area (Å²) in [5, 5.41) is 3.70. The number of hydrogen-bond acceptors (Lipinski definition) is 1. The molecule has 1 saturated carbocycles. The molecular weight excluding hydrogens is 262 g/mol. The van der Waals surface area contributed by atoms with Gasteiger partial charge in [0.15, 0.2) is 0 Å². The highest BCUT2D eigenvalue weighted by molar-refractivity contribution is 9.10. The summed E-state index contributed by atoms with van der Waals surface area (Å²) in [6.07, 6.45) is 8.25. The molecule has 0 amide bonds. The number of rotatable bonds is 2. The Bertz CT molecular complexity index is 341. The van der Waals surface area contributed by atoms with Crippen LogP contribution in [0, 0.1) is 6.92 Å². The van der Waals surface area contributed by atoms with Crippen molar-refractivity contribution < 1.29 is 0 Å². The van der Waals surface area contributed by atoms with Crippen LogP contribution < -0.4 is 5.32 Å². The van der Waals surface area contributed by atoms with E-state index in [1.165, 1.54) is 49.8 Å². The Balaban J connectivity index is 2.01. The van der Waals surface area contributed by atoms with Crippen LogP contribution >= 0.6 is 15.9 Å². The molecule has 0 spiro atoms. The predicted octanol–water partition coefficient (Wildman–Crippen LogP) is 4.89. The largest absolute Gasteiger partial charge is 0.382 e. The van der Waals surface area contributed by atoms with Crippen LogP contribution in [0.25, 0.3) is 0 Å². The zero-order valence-electron chi connectivity index (χ0n) is 9.93. The fraction of sp³-hybridized carbons (Fsp3) is 0.571. The lowest BCUT2D eigenvalue weighted by molar-refractivity contribution is 0.619. The molecule has 1 aliphatic carbocycles. The molecule has 2 heteroatoms. The Hall–Kier alpha value is -0.500. The van der Waals surface area contributed by atoms with E-state index in [0.29, 0.717) is 6.04 Å². The summed E-state index contributed by atoms with van der Waals surface area (Å²) in [6, 6.07) is 7.16. The average Bonchev–Trinajstić information content (AvgIpc) is 2.51. The molecule has 0 aliphatic heterocycles. The van der Waals surface area contributed by atoms with Crippen molar-refractivity contribution in [3.63, 3.8) is 0 Å². The molecule has 1 fully saturated rings. The number of aryl methyl sites for hydroxylation is 1. The van der Waals surface area contributed by atoms with Crippen LogP contribution in [0.15, 0.2) is 22.7 Å². The Morgan fingerprint density at radius 2 is 1.81 bits per heavy atom. The molecule has 2 rings (SSSR count). The van der Waals surface area contributed by atoms with E-state index in [2.05, 4.69) is 46.4 Å². The minimum absolute atomic E-state index is 0.683. The topological polar surface area (TPSA) is 12.0 Å². The van der Waals surface area contributed by atoms with Crippen LogP contribution in [0.2, 0.25) is 0 Å². The third-order valence-corrected chi connectivity index (χ3v) is 3.90. The van der Waals surface area contributed by atoms with Gasteiger partial charge in [-0.2, -0.15) is 0 Å². The third-order valence-electron chi connectivity index (χ3n) is 3.40. The maximum Gasteiger partial charge on any atom is 0.0372 e. The van der Waals surface area contributed by atoms with Crippen LogP contribution in [0.5, 0.6) is 0 Å². The Kier molecular flexibility index (Phi) is 4.28. The van der Waals surface area contributed by atoms with E-state index >= 15 is 0 Å². The van der Waals surface area contributed by atoms with Crippen molar-refractivity contribution in [2.45, 2.75) is 51.5 Å².